The van der Waals surface area contributed by atoms with Crippen molar-refractivity contribution in [1.82, 2.24) is 10.2 Å². The van der Waals surface area contributed by atoms with Crippen LogP contribution in [0.5, 0.6) is 0 Å². The lowest BCUT2D eigenvalue weighted by Gasteiger charge is -2.08. The van der Waals surface area contributed by atoms with Crippen LogP contribution in [0.25, 0.3) is 0 Å². The zero-order valence-corrected chi connectivity index (χ0v) is 11.7. The second-order valence-corrected chi connectivity index (χ2v) is 4.50. The maximum absolute atomic E-state index is 12.2. The normalized spacial score (nSPS) is 11.2. The Morgan fingerprint density at radius 3 is 2.76 bits per heavy atom. The predicted molar refractivity (Wildman–Crippen MR) is 78.4 cm³/mol. The number of benzene rings is 1. The van der Waals surface area contributed by atoms with Gasteiger partial charge in [0, 0.05) is 11.3 Å². The Bertz CT molecular complexity index is 712. The number of rotatable bonds is 3. The van der Waals surface area contributed by atoms with Gasteiger partial charge in [0.05, 0.1) is 17.0 Å². The van der Waals surface area contributed by atoms with Crippen LogP contribution >= 0.6 is 0 Å². The van der Waals surface area contributed by atoms with Gasteiger partial charge in [-0.3, -0.25) is 4.79 Å². The molecule has 1 aromatic heterocycles. The third-order valence-corrected chi connectivity index (χ3v) is 2.87. The lowest BCUT2D eigenvalue weighted by Crippen LogP contribution is -2.17. The molecule has 7 nitrogen and oxygen atoms in total. The maximum atomic E-state index is 12.2. The number of nitrogens with one attached hydrogen (secondary N) is 1. The van der Waals surface area contributed by atoms with Crippen LogP contribution in [0.3, 0.4) is 0 Å². The molecule has 0 spiro atoms. The van der Waals surface area contributed by atoms with E-state index in [1.54, 1.807) is 44.2 Å². The molecule has 21 heavy (non-hydrogen) atoms. The van der Waals surface area contributed by atoms with E-state index in [0.717, 1.165) is 0 Å². The number of anilines is 1. The molecule has 2 rings (SSSR count). The Hall–Kier alpha value is -2.96. The summed E-state index contributed by atoms with van der Waals surface area (Å²) in [7, 11) is 0. The fourth-order valence-electron chi connectivity index (χ4n) is 1.79. The number of amides is 1. The van der Waals surface area contributed by atoms with Crippen molar-refractivity contribution in [3.8, 4) is 0 Å². The highest BCUT2D eigenvalue weighted by Crippen LogP contribution is 2.13. The standard InChI is InChI=1S/C14H15N5O2/c1-8-6-12(9(2)18-17-8)14(20)16-11-5-3-4-10(7-11)13(15)19-21/h3-7,21H,1-2H3,(H2,15,19)(H,16,20). The Kier molecular flexibility index (Phi) is 4.13. The van der Waals surface area contributed by atoms with Gasteiger partial charge in [0.2, 0.25) is 0 Å². The summed E-state index contributed by atoms with van der Waals surface area (Å²) < 4.78 is 0. The molecule has 0 aliphatic rings. The highest BCUT2D eigenvalue weighted by atomic mass is 16.4. The lowest BCUT2D eigenvalue weighted by molar-refractivity contribution is 0.102. The third kappa shape index (κ3) is 3.33. The van der Waals surface area contributed by atoms with Crippen molar-refractivity contribution in [2.24, 2.45) is 10.9 Å². The van der Waals surface area contributed by atoms with Gasteiger partial charge in [-0.25, -0.2) is 0 Å². The van der Waals surface area contributed by atoms with Gasteiger partial charge in [-0.15, -0.1) is 0 Å². The highest BCUT2D eigenvalue weighted by Gasteiger charge is 2.12. The summed E-state index contributed by atoms with van der Waals surface area (Å²) in [5.74, 6) is -0.314. The van der Waals surface area contributed by atoms with E-state index in [-0.39, 0.29) is 11.7 Å². The molecule has 0 aliphatic carbocycles. The topological polar surface area (TPSA) is 113 Å². The highest BCUT2D eigenvalue weighted by molar-refractivity contribution is 6.06. The van der Waals surface area contributed by atoms with Crippen molar-refractivity contribution >= 4 is 17.4 Å². The molecule has 0 saturated heterocycles. The van der Waals surface area contributed by atoms with Crippen LogP contribution in [-0.4, -0.2) is 27.1 Å². The van der Waals surface area contributed by atoms with Crippen LogP contribution in [0.2, 0.25) is 0 Å². The fraction of sp³-hybridized carbons (Fsp3) is 0.143. The molecule has 0 fully saturated rings. The van der Waals surface area contributed by atoms with E-state index in [0.29, 0.717) is 28.2 Å². The Morgan fingerprint density at radius 1 is 1.29 bits per heavy atom. The molecule has 7 heteroatoms. The monoisotopic (exact) mass is 285 g/mol. The summed E-state index contributed by atoms with van der Waals surface area (Å²) in [6.07, 6.45) is 0. The van der Waals surface area contributed by atoms with Gasteiger partial charge >= 0.3 is 0 Å². The zero-order chi connectivity index (χ0) is 15.4. The molecule has 1 aromatic carbocycles. The van der Waals surface area contributed by atoms with Crippen LogP contribution in [-0.2, 0) is 0 Å². The van der Waals surface area contributed by atoms with Crippen molar-refractivity contribution in [3.05, 3.63) is 52.8 Å². The average Bonchev–Trinajstić information content (AvgIpc) is 2.49. The number of hydrogen-bond acceptors (Lipinski definition) is 5. The molecule has 0 radical (unpaired) electrons. The van der Waals surface area contributed by atoms with Gasteiger partial charge in [0.1, 0.15) is 0 Å². The van der Waals surface area contributed by atoms with E-state index < -0.39 is 0 Å². The molecular weight excluding hydrogens is 270 g/mol. The van der Waals surface area contributed by atoms with Gasteiger partial charge in [-0.1, -0.05) is 17.3 Å². The number of carbonyl (C=O) groups is 1. The van der Waals surface area contributed by atoms with Crippen LogP contribution in [0.1, 0.15) is 27.3 Å². The number of aryl methyl sites for hydroxylation is 2. The molecule has 1 heterocycles. The summed E-state index contributed by atoms with van der Waals surface area (Å²) in [6, 6.07) is 8.37. The first kappa shape index (κ1) is 14.4. The number of aromatic nitrogens is 2. The Morgan fingerprint density at radius 2 is 2.05 bits per heavy atom. The van der Waals surface area contributed by atoms with Crippen molar-refractivity contribution < 1.29 is 10.0 Å². The fourth-order valence-corrected chi connectivity index (χ4v) is 1.79. The summed E-state index contributed by atoms with van der Waals surface area (Å²) in [4.78, 5) is 12.2. The van der Waals surface area contributed by atoms with E-state index in [2.05, 4.69) is 20.7 Å². The quantitative estimate of drug-likeness (QED) is 0.342. The minimum Gasteiger partial charge on any atom is -0.409 e. The van der Waals surface area contributed by atoms with Gasteiger partial charge in [-0.05, 0) is 32.0 Å². The molecule has 0 unspecified atom stereocenters. The minimum atomic E-state index is -0.290. The summed E-state index contributed by atoms with van der Waals surface area (Å²) in [5.41, 5.74) is 8.23. The van der Waals surface area contributed by atoms with Crippen molar-refractivity contribution in [2.45, 2.75) is 13.8 Å². The van der Waals surface area contributed by atoms with E-state index in [1.165, 1.54) is 0 Å². The summed E-state index contributed by atoms with van der Waals surface area (Å²) in [5, 5.41) is 22.1. The second-order valence-electron chi connectivity index (χ2n) is 4.50. The molecule has 2 aromatic rings. The number of hydrogen-bond donors (Lipinski definition) is 3. The maximum Gasteiger partial charge on any atom is 0.257 e. The van der Waals surface area contributed by atoms with E-state index in [1.807, 2.05) is 0 Å². The number of carbonyl (C=O) groups excluding carboxylic acids is 1. The van der Waals surface area contributed by atoms with E-state index in [4.69, 9.17) is 10.9 Å². The van der Waals surface area contributed by atoms with Gasteiger partial charge in [0.25, 0.3) is 5.91 Å². The molecule has 0 aliphatic heterocycles. The SMILES string of the molecule is Cc1cc(C(=O)Nc2cccc(/C(N)=N/O)c2)c(C)nn1. The van der Waals surface area contributed by atoms with Crippen LogP contribution < -0.4 is 11.1 Å². The van der Waals surface area contributed by atoms with E-state index >= 15 is 0 Å². The van der Waals surface area contributed by atoms with Crippen molar-refractivity contribution in [3.63, 3.8) is 0 Å². The van der Waals surface area contributed by atoms with Crippen LogP contribution in [0.4, 0.5) is 5.69 Å². The average molecular weight is 285 g/mol. The largest absolute Gasteiger partial charge is 0.409 e. The Balaban J connectivity index is 2.26. The van der Waals surface area contributed by atoms with Gasteiger partial charge < -0.3 is 16.3 Å². The number of nitrogens with two attached hydrogens (primary N) is 1. The second kappa shape index (κ2) is 6.00. The number of oxime groups is 1. The number of amidine groups is 1. The first-order chi connectivity index (χ1) is 10.0. The molecule has 4 N–H and O–H groups in total. The molecule has 0 bridgehead atoms. The summed E-state index contributed by atoms with van der Waals surface area (Å²) >= 11 is 0. The first-order valence-electron chi connectivity index (χ1n) is 6.21. The number of nitrogens with zero attached hydrogens (tertiary/aromatic N) is 3. The van der Waals surface area contributed by atoms with Crippen molar-refractivity contribution in [1.29, 1.82) is 0 Å². The molecule has 0 saturated carbocycles. The van der Waals surface area contributed by atoms with Crippen LogP contribution in [0, 0.1) is 13.8 Å². The van der Waals surface area contributed by atoms with Crippen molar-refractivity contribution in [2.75, 3.05) is 5.32 Å². The smallest absolute Gasteiger partial charge is 0.257 e. The predicted octanol–water partition coefficient (Wildman–Crippen LogP) is 1.44. The molecule has 108 valence electrons. The Labute approximate surface area is 121 Å². The molecule has 0 atom stereocenters. The van der Waals surface area contributed by atoms with E-state index in [9.17, 15) is 4.79 Å². The molecular formula is C14H15N5O2. The molecule has 1 amide bonds. The lowest BCUT2D eigenvalue weighted by atomic mass is 10.1. The van der Waals surface area contributed by atoms with Gasteiger partial charge in [-0.2, -0.15) is 10.2 Å². The third-order valence-electron chi connectivity index (χ3n) is 2.87. The summed E-state index contributed by atoms with van der Waals surface area (Å²) in [6.45, 7) is 3.48. The minimum absolute atomic E-state index is 0.0244. The van der Waals surface area contributed by atoms with Gasteiger partial charge in [0.15, 0.2) is 5.84 Å². The first-order valence-corrected chi connectivity index (χ1v) is 6.21. The van der Waals surface area contributed by atoms with Crippen LogP contribution in [0.15, 0.2) is 35.5 Å². The zero-order valence-electron chi connectivity index (χ0n) is 11.7.